The van der Waals surface area contributed by atoms with Crippen LogP contribution in [-0.2, 0) is 0 Å². The molecule has 0 radical (unpaired) electrons. The van der Waals surface area contributed by atoms with E-state index in [1.165, 1.54) is 17.4 Å². The van der Waals surface area contributed by atoms with Gasteiger partial charge in [-0.2, -0.15) is 0 Å². The van der Waals surface area contributed by atoms with E-state index in [9.17, 15) is 9.59 Å². The molecule has 1 amide bonds. The van der Waals surface area contributed by atoms with Crippen LogP contribution in [0, 0.1) is 6.92 Å². The third-order valence-electron chi connectivity index (χ3n) is 3.76. The van der Waals surface area contributed by atoms with Gasteiger partial charge >= 0.3 is 0 Å². The first kappa shape index (κ1) is 16.2. The molecule has 0 spiro atoms. The van der Waals surface area contributed by atoms with E-state index in [-0.39, 0.29) is 22.5 Å². The second-order valence-electron chi connectivity index (χ2n) is 5.60. The number of amides is 1. The Hall–Kier alpha value is -3.32. The predicted octanol–water partition coefficient (Wildman–Crippen LogP) is 3.87. The zero-order valence-electron chi connectivity index (χ0n) is 13.7. The molecule has 0 aliphatic heterocycles. The average molecular weight is 363 g/mol. The number of aromatic nitrogens is 2. The van der Waals surface area contributed by atoms with Crippen LogP contribution in [0.5, 0.6) is 0 Å². The fourth-order valence-corrected chi connectivity index (χ4v) is 3.23. The number of para-hydroxylation sites is 1. The molecule has 4 rings (SSSR count). The molecule has 0 aliphatic rings. The molecule has 0 unspecified atom stereocenters. The maximum atomic E-state index is 12.7. The summed E-state index contributed by atoms with van der Waals surface area (Å²) in [6, 6.07) is 11.6. The second-order valence-corrected chi connectivity index (χ2v) is 6.84. The van der Waals surface area contributed by atoms with Gasteiger partial charge in [0.25, 0.3) is 5.91 Å². The number of fused-ring (bicyclic) bond motifs is 1. The van der Waals surface area contributed by atoms with Crippen molar-refractivity contribution in [1.82, 2.24) is 9.97 Å². The lowest BCUT2D eigenvalue weighted by Crippen LogP contribution is -2.13. The molecule has 7 heteroatoms. The van der Waals surface area contributed by atoms with Gasteiger partial charge in [-0.25, -0.2) is 4.98 Å². The molecule has 3 heterocycles. The topological polar surface area (TPSA) is 85.1 Å². The first-order chi connectivity index (χ1) is 12.6. The molecule has 3 aromatic heterocycles. The van der Waals surface area contributed by atoms with E-state index in [1.54, 1.807) is 48.8 Å². The number of hydrogen-bond acceptors (Lipinski definition) is 6. The molecule has 0 saturated carbocycles. The van der Waals surface area contributed by atoms with Crippen LogP contribution >= 0.6 is 11.3 Å². The number of pyridine rings is 1. The number of nitrogens with one attached hydrogen (secondary N) is 1. The van der Waals surface area contributed by atoms with Gasteiger partial charge in [0.1, 0.15) is 5.69 Å². The van der Waals surface area contributed by atoms with Crippen LogP contribution < -0.4 is 10.7 Å². The van der Waals surface area contributed by atoms with Crippen molar-refractivity contribution in [2.75, 3.05) is 5.32 Å². The first-order valence-corrected chi connectivity index (χ1v) is 8.65. The molecular weight excluding hydrogens is 350 g/mol. The minimum absolute atomic E-state index is 0.228. The van der Waals surface area contributed by atoms with Crippen molar-refractivity contribution in [3.8, 4) is 11.5 Å². The summed E-state index contributed by atoms with van der Waals surface area (Å²) < 4.78 is 5.88. The number of carbonyl (C=O) groups is 1. The minimum Gasteiger partial charge on any atom is -0.453 e. The summed E-state index contributed by atoms with van der Waals surface area (Å²) >= 11 is 1.37. The Bertz CT molecular complexity index is 1170. The van der Waals surface area contributed by atoms with Crippen LogP contribution in [0.4, 0.5) is 5.13 Å². The highest BCUT2D eigenvalue weighted by molar-refractivity contribution is 7.15. The maximum Gasteiger partial charge on any atom is 0.261 e. The summed E-state index contributed by atoms with van der Waals surface area (Å²) in [5.74, 6) is -0.0697. The molecule has 4 aromatic rings. The van der Waals surface area contributed by atoms with E-state index in [1.807, 2.05) is 6.92 Å². The highest BCUT2D eigenvalue weighted by Crippen LogP contribution is 2.24. The van der Waals surface area contributed by atoms with E-state index in [4.69, 9.17) is 4.42 Å². The molecule has 1 N–H and O–H groups in total. The first-order valence-electron chi connectivity index (χ1n) is 7.84. The van der Waals surface area contributed by atoms with Crippen LogP contribution in [0.15, 0.2) is 64.1 Å². The zero-order valence-corrected chi connectivity index (χ0v) is 14.5. The maximum absolute atomic E-state index is 12.7. The van der Waals surface area contributed by atoms with Gasteiger partial charge in [0.05, 0.1) is 10.9 Å². The summed E-state index contributed by atoms with van der Waals surface area (Å²) in [6.45, 7) is 1.91. The van der Waals surface area contributed by atoms with Crippen molar-refractivity contribution in [2.24, 2.45) is 0 Å². The molecule has 0 aliphatic carbocycles. The highest BCUT2D eigenvalue weighted by Gasteiger charge is 2.17. The largest absolute Gasteiger partial charge is 0.453 e. The third-order valence-corrected chi connectivity index (χ3v) is 4.59. The second kappa shape index (κ2) is 6.53. The van der Waals surface area contributed by atoms with E-state index < -0.39 is 0 Å². The standard InChI is InChI=1S/C19H13N3O3S/c1-11-10-21-19(26-11)22-18(24)13-6-4-5-12-15(23)9-16(25-17(12)13)14-7-2-3-8-20-14/h2-10H,1H3,(H,21,22,24). The van der Waals surface area contributed by atoms with Crippen molar-refractivity contribution in [1.29, 1.82) is 0 Å². The van der Waals surface area contributed by atoms with Gasteiger partial charge in [-0.1, -0.05) is 12.1 Å². The van der Waals surface area contributed by atoms with Crippen molar-refractivity contribution >= 4 is 33.3 Å². The monoisotopic (exact) mass is 363 g/mol. The van der Waals surface area contributed by atoms with Crippen LogP contribution in [0.1, 0.15) is 15.2 Å². The lowest BCUT2D eigenvalue weighted by atomic mass is 10.1. The molecule has 26 heavy (non-hydrogen) atoms. The van der Waals surface area contributed by atoms with E-state index in [2.05, 4.69) is 15.3 Å². The predicted molar refractivity (Wildman–Crippen MR) is 101 cm³/mol. The van der Waals surface area contributed by atoms with E-state index in [0.29, 0.717) is 22.0 Å². The van der Waals surface area contributed by atoms with Crippen LogP contribution in [0.25, 0.3) is 22.4 Å². The number of rotatable bonds is 3. The molecule has 128 valence electrons. The number of carbonyl (C=O) groups excluding carboxylic acids is 1. The number of hydrogen-bond donors (Lipinski definition) is 1. The summed E-state index contributed by atoms with van der Waals surface area (Å²) in [4.78, 5) is 34.5. The Morgan fingerprint density at radius 1 is 1.15 bits per heavy atom. The number of benzene rings is 1. The van der Waals surface area contributed by atoms with Crippen LogP contribution in [0.3, 0.4) is 0 Å². The Morgan fingerprint density at radius 3 is 2.77 bits per heavy atom. The fourth-order valence-electron chi connectivity index (χ4n) is 2.57. The fraction of sp³-hybridized carbons (Fsp3) is 0.0526. The molecule has 0 bridgehead atoms. The van der Waals surface area contributed by atoms with Crippen LogP contribution in [0.2, 0.25) is 0 Å². The number of anilines is 1. The summed E-state index contributed by atoms with van der Waals surface area (Å²) in [5.41, 5.74) is 0.792. The van der Waals surface area contributed by atoms with Gasteiger partial charge in [-0.05, 0) is 31.2 Å². The lowest BCUT2D eigenvalue weighted by molar-refractivity contribution is 0.102. The average Bonchev–Trinajstić information content (AvgIpc) is 3.06. The molecule has 1 aromatic carbocycles. The number of aryl methyl sites for hydroxylation is 1. The molecule has 0 saturated heterocycles. The summed E-state index contributed by atoms with van der Waals surface area (Å²) in [6.07, 6.45) is 3.30. The van der Waals surface area contributed by atoms with Crippen molar-refractivity contribution in [3.05, 3.63) is 75.5 Å². The van der Waals surface area contributed by atoms with Gasteiger partial charge in [0, 0.05) is 23.3 Å². The van der Waals surface area contributed by atoms with Crippen molar-refractivity contribution < 1.29 is 9.21 Å². The van der Waals surface area contributed by atoms with E-state index in [0.717, 1.165) is 4.88 Å². The van der Waals surface area contributed by atoms with Gasteiger partial charge in [-0.15, -0.1) is 11.3 Å². The molecule has 0 atom stereocenters. The summed E-state index contributed by atoms with van der Waals surface area (Å²) in [5, 5.41) is 3.57. The van der Waals surface area contributed by atoms with Gasteiger partial charge in [0.2, 0.25) is 0 Å². The van der Waals surface area contributed by atoms with Crippen molar-refractivity contribution in [2.45, 2.75) is 6.92 Å². The number of thiazole rings is 1. The Morgan fingerprint density at radius 2 is 2.04 bits per heavy atom. The van der Waals surface area contributed by atoms with Crippen LogP contribution in [-0.4, -0.2) is 15.9 Å². The van der Waals surface area contributed by atoms with Crippen molar-refractivity contribution in [3.63, 3.8) is 0 Å². The summed E-state index contributed by atoms with van der Waals surface area (Å²) in [7, 11) is 0. The minimum atomic E-state index is -0.383. The molecular formula is C19H13N3O3S. The number of nitrogens with zero attached hydrogens (tertiary/aromatic N) is 2. The third kappa shape index (κ3) is 3.00. The normalized spacial score (nSPS) is 10.8. The quantitative estimate of drug-likeness (QED) is 0.597. The van der Waals surface area contributed by atoms with Gasteiger partial charge < -0.3 is 4.42 Å². The zero-order chi connectivity index (χ0) is 18.1. The lowest BCUT2D eigenvalue weighted by Gasteiger charge is -2.07. The highest BCUT2D eigenvalue weighted by atomic mass is 32.1. The Labute approximate surface area is 152 Å². The SMILES string of the molecule is Cc1cnc(NC(=O)c2cccc3c(=O)cc(-c4ccccn4)oc23)s1. The molecule has 6 nitrogen and oxygen atoms in total. The smallest absolute Gasteiger partial charge is 0.261 e. The van der Waals surface area contributed by atoms with Gasteiger partial charge in [0.15, 0.2) is 21.9 Å². The Balaban J connectivity index is 1.83. The Kier molecular flexibility index (Phi) is 4.06. The molecule has 0 fully saturated rings. The van der Waals surface area contributed by atoms with Gasteiger partial charge in [-0.3, -0.25) is 19.9 Å². The van der Waals surface area contributed by atoms with E-state index >= 15 is 0 Å².